The first-order valence-electron chi connectivity index (χ1n) is 5.46. The fourth-order valence-electron chi connectivity index (χ4n) is 1.78. The monoisotopic (exact) mass is 269 g/mol. The average molecular weight is 270 g/mol. The fraction of sp³-hybridized carbons (Fsp3) is 0.364. The summed E-state index contributed by atoms with van der Waals surface area (Å²) in [6.45, 7) is 0.672. The molecule has 1 aromatic rings. The molecule has 18 heavy (non-hydrogen) atoms. The first-order chi connectivity index (χ1) is 8.56. The van der Waals surface area contributed by atoms with Crippen LogP contribution in [0.15, 0.2) is 18.3 Å². The van der Waals surface area contributed by atoms with Crippen molar-refractivity contribution < 1.29 is 14.7 Å². The van der Waals surface area contributed by atoms with E-state index >= 15 is 0 Å². The van der Waals surface area contributed by atoms with Gasteiger partial charge in [-0.2, -0.15) is 0 Å². The normalized spacial score (nSPS) is 18.7. The van der Waals surface area contributed by atoms with E-state index < -0.39 is 11.9 Å². The van der Waals surface area contributed by atoms with Crippen molar-refractivity contribution in [3.63, 3.8) is 0 Å². The van der Waals surface area contributed by atoms with E-state index in [1.807, 2.05) is 0 Å². The van der Waals surface area contributed by atoms with Crippen LogP contribution < -0.4 is 5.32 Å². The zero-order valence-electron chi connectivity index (χ0n) is 9.47. The Balaban J connectivity index is 1.93. The van der Waals surface area contributed by atoms with Crippen LogP contribution in [0.5, 0.6) is 0 Å². The smallest absolute Gasteiger partial charge is 0.323 e. The van der Waals surface area contributed by atoms with Crippen LogP contribution >= 0.6 is 11.6 Å². The lowest BCUT2D eigenvalue weighted by Crippen LogP contribution is -2.34. The van der Waals surface area contributed by atoms with Gasteiger partial charge in [0.1, 0.15) is 5.82 Å². The fourth-order valence-corrected chi connectivity index (χ4v) is 1.90. The van der Waals surface area contributed by atoms with E-state index in [-0.39, 0.29) is 12.6 Å². The summed E-state index contributed by atoms with van der Waals surface area (Å²) < 4.78 is 0. The number of halogens is 1. The maximum absolute atomic E-state index is 11.8. The van der Waals surface area contributed by atoms with Gasteiger partial charge in [0.25, 0.3) is 0 Å². The molecule has 1 unspecified atom stereocenters. The van der Waals surface area contributed by atoms with Crippen LogP contribution in [0.3, 0.4) is 0 Å². The summed E-state index contributed by atoms with van der Waals surface area (Å²) in [7, 11) is 0. The number of aliphatic carboxylic acids is 1. The molecule has 6 nitrogen and oxygen atoms in total. The van der Waals surface area contributed by atoms with Gasteiger partial charge in [0, 0.05) is 19.3 Å². The van der Waals surface area contributed by atoms with E-state index in [0.29, 0.717) is 23.8 Å². The summed E-state index contributed by atoms with van der Waals surface area (Å²) in [5, 5.41) is 11.9. The third kappa shape index (κ3) is 2.89. The molecular formula is C11H12ClN3O3. The van der Waals surface area contributed by atoms with Gasteiger partial charge in [0.05, 0.1) is 10.9 Å². The lowest BCUT2D eigenvalue weighted by Gasteiger charge is -2.16. The van der Waals surface area contributed by atoms with E-state index in [0.717, 1.165) is 0 Å². The summed E-state index contributed by atoms with van der Waals surface area (Å²) in [5.41, 5.74) is 0. The van der Waals surface area contributed by atoms with Crippen molar-refractivity contribution in [1.29, 1.82) is 0 Å². The molecule has 1 aliphatic heterocycles. The number of aromatic nitrogens is 1. The average Bonchev–Trinajstić information content (AvgIpc) is 2.81. The Kier molecular flexibility index (Phi) is 3.66. The minimum Gasteiger partial charge on any atom is -0.481 e. The number of nitrogens with zero attached hydrogens (tertiary/aromatic N) is 2. The Morgan fingerprint density at radius 2 is 2.28 bits per heavy atom. The molecule has 1 fully saturated rings. The predicted molar refractivity (Wildman–Crippen MR) is 65.6 cm³/mol. The topological polar surface area (TPSA) is 82.5 Å². The number of nitrogens with one attached hydrogen (secondary N) is 1. The Bertz CT molecular complexity index is 463. The number of hydrogen-bond donors (Lipinski definition) is 2. The number of amides is 2. The quantitative estimate of drug-likeness (QED) is 0.856. The number of rotatable bonds is 2. The van der Waals surface area contributed by atoms with Gasteiger partial charge in [-0.15, -0.1) is 0 Å². The highest BCUT2D eigenvalue weighted by atomic mass is 35.5. The van der Waals surface area contributed by atoms with E-state index in [1.165, 1.54) is 11.1 Å². The Labute approximate surface area is 109 Å². The van der Waals surface area contributed by atoms with Crippen molar-refractivity contribution >= 4 is 29.4 Å². The number of carbonyl (C=O) groups excluding carboxylic acids is 1. The highest BCUT2D eigenvalue weighted by Crippen LogP contribution is 2.17. The van der Waals surface area contributed by atoms with E-state index in [1.54, 1.807) is 12.1 Å². The van der Waals surface area contributed by atoms with Gasteiger partial charge >= 0.3 is 12.0 Å². The van der Waals surface area contributed by atoms with Gasteiger partial charge in [0.15, 0.2) is 0 Å². The second-order valence-corrected chi connectivity index (χ2v) is 4.50. The predicted octanol–water partition coefficient (Wildman–Crippen LogP) is 1.67. The summed E-state index contributed by atoms with van der Waals surface area (Å²) in [6, 6.07) is 2.87. The molecule has 1 saturated heterocycles. The minimum atomic E-state index is -0.866. The van der Waals surface area contributed by atoms with Crippen molar-refractivity contribution in [3.05, 3.63) is 23.4 Å². The second kappa shape index (κ2) is 5.22. The van der Waals surface area contributed by atoms with Gasteiger partial charge in [0.2, 0.25) is 0 Å². The molecule has 0 aliphatic carbocycles. The van der Waals surface area contributed by atoms with Crippen LogP contribution in [0.4, 0.5) is 10.6 Å². The van der Waals surface area contributed by atoms with Crippen LogP contribution in [0.1, 0.15) is 6.42 Å². The maximum atomic E-state index is 11.8. The van der Waals surface area contributed by atoms with E-state index in [2.05, 4.69) is 10.3 Å². The molecule has 1 atom stereocenters. The molecule has 0 radical (unpaired) electrons. The summed E-state index contributed by atoms with van der Waals surface area (Å²) >= 11 is 5.68. The molecule has 1 aliphatic rings. The van der Waals surface area contributed by atoms with E-state index in [4.69, 9.17) is 16.7 Å². The van der Waals surface area contributed by atoms with Crippen molar-refractivity contribution in [3.8, 4) is 0 Å². The molecule has 0 aromatic carbocycles. The van der Waals surface area contributed by atoms with Crippen molar-refractivity contribution in [2.75, 3.05) is 18.4 Å². The highest BCUT2D eigenvalue weighted by Gasteiger charge is 2.30. The summed E-state index contributed by atoms with van der Waals surface area (Å²) in [5.74, 6) is -0.952. The van der Waals surface area contributed by atoms with Crippen LogP contribution in [0.25, 0.3) is 0 Å². The van der Waals surface area contributed by atoms with Crippen LogP contribution in [0, 0.1) is 5.92 Å². The number of carbonyl (C=O) groups is 2. The van der Waals surface area contributed by atoms with Gasteiger partial charge in [-0.3, -0.25) is 10.1 Å². The SMILES string of the molecule is O=C(O)C1CCN(C(=O)Nc2ccc(Cl)cn2)C1. The highest BCUT2D eigenvalue weighted by molar-refractivity contribution is 6.30. The number of anilines is 1. The molecule has 1 aromatic heterocycles. The Morgan fingerprint density at radius 3 is 2.83 bits per heavy atom. The number of hydrogen-bond acceptors (Lipinski definition) is 3. The zero-order valence-corrected chi connectivity index (χ0v) is 10.2. The van der Waals surface area contributed by atoms with Crippen LogP contribution in [-0.2, 0) is 4.79 Å². The van der Waals surface area contributed by atoms with Gasteiger partial charge in [-0.1, -0.05) is 11.6 Å². The molecule has 7 heteroatoms. The van der Waals surface area contributed by atoms with Crippen LogP contribution in [0.2, 0.25) is 5.02 Å². The number of likely N-dealkylation sites (tertiary alicyclic amines) is 1. The molecule has 2 rings (SSSR count). The Morgan fingerprint density at radius 1 is 1.50 bits per heavy atom. The molecule has 2 amide bonds. The van der Waals surface area contributed by atoms with Crippen molar-refractivity contribution in [2.24, 2.45) is 5.92 Å². The van der Waals surface area contributed by atoms with Crippen molar-refractivity contribution in [1.82, 2.24) is 9.88 Å². The lowest BCUT2D eigenvalue weighted by atomic mass is 10.1. The number of carboxylic acid groups (broad SMARTS) is 1. The molecule has 0 saturated carbocycles. The zero-order chi connectivity index (χ0) is 13.1. The largest absolute Gasteiger partial charge is 0.481 e. The molecule has 96 valence electrons. The maximum Gasteiger partial charge on any atom is 0.323 e. The first-order valence-corrected chi connectivity index (χ1v) is 5.84. The van der Waals surface area contributed by atoms with E-state index in [9.17, 15) is 9.59 Å². The summed E-state index contributed by atoms with van der Waals surface area (Å²) in [6.07, 6.45) is 1.91. The Hall–Kier alpha value is -1.82. The second-order valence-electron chi connectivity index (χ2n) is 4.06. The third-order valence-corrected chi connectivity index (χ3v) is 3.01. The molecule has 2 heterocycles. The van der Waals surface area contributed by atoms with Crippen LogP contribution in [-0.4, -0.2) is 40.1 Å². The summed E-state index contributed by atoms with van der Waals surface area (Å²) in [4.78, 5) is 28.0. The standard InChI is InChI=1S/C11H12ClN3O3/c12-8-1-2-9(13-5-8)14-11(18)15-4-3-7(6-15)10(16)17/h1-2,5,7H,3-4,6H2,(H,16,17)(H,13,14,18). The first kappa shape index (κ1) is 12.6. The van der Waals surface area contributed by atoms with Gasteiger partial charge in [-0.25, -0.2) is 9.78 Å². The molecule has 0 spiro atoms. The molecule has 2 N–H and O–H groups in total. The third-order valence-electron chi connectivity index (χ3n) is 2.79. The molecule has 0 bridgehead atoms. The number of urea groups is 1. The molecular weight excluding hydrogens is 258 g/mol. The minimum absolute atomic E-state index is 0.231. The number of carboxylic acids is 1. The van der Waals surface area contributed by atoms with Crippen molar-refractivity contribution in [2.45, 2.75) is 6.42 Å². The number of pyridine rings is 1. The lowest BCUT2D eigenvalue weighted by molar-refractivity contribution is -0.141. The van der Waals surface area contributed by atoms with Gasteiger partial charge < -0.3 is 10.0 Å². The van der Waals surface area contributed by atoms with Gasteiger partial charge in [-0.05, 0) is 18.6 Å².